The summed E-state index contributed by atoms with van der Waals surface area (Å²) >= 11 is 0. The van der Waals surface area contributed by atoms with Crippen molar-refractivity contribution in [3.8, 4) is 0 Å². The topological polar surface area (TPSA) is 3.24 Å². The van der Waals surface area contributed by atoms with E-state index in [0.29, 0.717) is 6.04 Å². The number of likely N-dealkylation sites (N-methyl/N-ethyl adjacent to an activating group) is 1. The Labute approximate surface area is 145 Å². The van der Waals surface area contributed by atoms with E-state index < -0.39 is 0 Å². The third kappa shape index (κ3) is 6.74. The van der Waals surface area contributed by atoms with Gasteiger partial charge in [-0.25, -0.2) is 0 Å². The van der Waals surface area contributed by atoms with Crippen molar-refractivity contribution in [1.82, 2.24) is 4.90 Å². The van der Waals surface area contributed by atoms with Gasteiger partial charge in [0, 0.05) is 6.54 Å². The number of hydrogen-bond donors (Lipinski definition) is 0. The maximum Gasteiger partial charge on any atom is 0.0561 e. The largest absolute Gasteiger partial charge is 0.293 e. The summed E-state index contributed by atoms with van der Waals surface area (Å²) in [6.07, 6.45) is 7.59. The van der Waals surface area contributed by atoms with Gasteiger partial charge >= 0.3 is 0 Å². The molecule has 0 amide bonds. The lowest BCUT2D eigenvalue weighted by Crippen LogP contribution is -2.36. The Morgan fingerprint density at radius 3 is 2.35 bits per heavy atom. The van der Waals surface area contributed by atoms with Crippen LogP contribution < -0.4 is 0 Å². The highest BCUT2D eigenvalue weighted by Gasteiger charge is 2.26. The molecule has 1 aliphatic heterocycles. The summed E-state index contributed by atoms with van der Waals surface area (Å²) in [5.41, 5.74) is 4.32. The second kappa shape index (κ2) is 13.1. The predicted molar refractivity (Wildman–Crippen MR) is 106 cm³/mol. The molecule has 0 spiro atoms. The third-order valence-electron chi connectivity index (χ3n) is 4.10. The SMILES string of the molecule is C/C=C\CC.C=C(CC)C1c2ccccc2CCN1CC.CC. The lowest BCUT2D eigenvalue weighted by atomic mass is 9.88. The molecule has 2 rings (SSSR count). The van der Waals surface area contributed by atoms with E-state index in [1.54, 1.807) is 0 Å². The minimum Gasteiger partial charge on any atom is -0.293 e. The highest BCUT2D eigenvalue weighted by molar-refractivity contribution is 5.37. The maximum absolute atomic E-state index is 4.25. The molecule has 0 bridgehead atoms. The number of allylic oxidation sites excluding steroid dienone is 2. The van der Waals surface area contributed by atoms with E-state index in [4.69, 9.17) is 0 Å². The van der Waals surface area contributed by atoms with Crippen LogP contribution in [0.4, 0.5) is 0 Å². The molecular formula is C22H37N. The zero-order chi connectivity index (χ0) is 17.7. The summed E-state index contributed by atoms with van der Waals surface area (Å²) in [5.74, 6) is 0. The molecule has 0 aromatic heterocycles. The minimum atomic E-state index is 0.444. The Balaban J connectivity index is 0.000000594. The van der Waals surface area contributed by atoms with Gasteiger partial charge in [0.1, 0.15) is 0 Å². The zero-order valence-corrected chi connectivity index (χ0v) is 16.2. The second-order valence-electron chi connectivity index (χ2n) is 5.47. The molecule has 1 aromatic carbocycles. The smallest absolute Gasteiger partial charge is 0.0561 e. The molecule has 1 aromatic rings. The molecule has 1 unspecified atom stereocenters. The van der Waals surface area contributed by atoms with Crippen LogP contribution in [-0.2, 0) is 6.42 Å². The van der Waals surface area contributed by atoms with Gasteiger partial charge < -0.3 is 0 Å². The minimum absolute atomic E-state index is 0.444. The standard InChI is InChI=1S/C15H21N.C5H10.C2H6/c1-4-12(3)15-14-9-7-6-8-13(14)10-11-16(15)5-2;1-3-5-4-2;1-2/h6-9,15H,3-5,10-11H2,1-2H3;3,5H,4H2,1-2H3;1-2H3/b;5-3-;. The molecular weight excluding hydrogens is 278 g/mol. The van der Waals surface area contributed by atoms with Crippen LogP contribution in [0.3, 0.4) is 0 Å². The van der Waals surface area contributed by atoms with Crippen LogP contribution in [0.1, 0.15) is 71.6 Å². The van der Waals surface area contributed by atoms with Crippen molar-refractivity contribution < 1.29 is 0 Å². The predicted octanol–water partition coefficient (Wildman–Crippen LogP) is 6.57. The average Bonchev–Trinajstić information content (AvgIpc) is 2.63. The summed E-state index contributed by atoms with van der Waals surface area (Å²) < 4.78 is 0. The van der Waals surface area contributed by atoms with Crippen molar-refractivity contribution in [3.05, 3.63) is 59.7 Å². The molecule has 130 valence electrons. The van der Waals surface area contributed by atoms with Crippen molar-refractivity contribution in [1.29, 1.82) is 0 Å². The first-order valence-electron chi connectivity index (χ1n) is 9.30. The van der Waals surface area contributed by atoms with E-state index in [1.807, 2.05) is 20.8 Å². The molecule has 1 heteroatoms. The summed E-state index contributed by atoms with van der Waals surface area (Å²) in [7, 11) is 0. The Morgan fingerprint density at radius 1 is 1.22 bits per heavy atom. The monoisotopic (exact) mass is 315 g/mol. The average molecular weight is 316 g/mol. The Bertz CT molecular complexity index is 459. The number of nitrogens with zero attached hydrogens (tertiary/aromatic N) is 1. The molecule has 0 aliphatic carbocycles. The lowest BCUT2D eigenvalue weighted by Gasteiger charge is -2.37. The quantitative estimate of drug-likeness (QED) is 0.568. The van der Waals surface area contributed by atoms with E-state index in [9.17, 15) is 0 Å². The molecule has 0 saturated heterocycles. The van der Waals surface area contributed by atoms with Gasteiger partial charge in [0.25, 0.3) is 0 Å². The fourth-order valence-electron chi connectivity index (χ4n) is 2.87. The van der Waals surface area contributed by atoms with Crippen LogP contribution in [0, 0.1) is 0 Å². The van der Waals surface area contributed by atoms with Crippen LogP contribution >= 0.6 is 0 Å². The molecule has 0 radical (unpaired) electrons. The highest BCUT2D eigenvalue weighted by atomic mass is 15.2. The lowest BCUT2D eigenvalue weighted by molar-refractivity contribution is 0.219. The van der Waals surface area contributed by atoms with E-state index in [1.165, 1.54) is 23.1 Å². The molecule has 1 atom stereocenters. The summed E-state index contributed by atoms with van der Waals surface area (Å²) in [6, 6.07) is 9.26. The van der Waals surface area contributed by atoms with Crippen molar-refractivity contribution in [2.75, 3.05) is 13.1 Å². The number of benzene rings is 1. The Morgan fingerprint density at radius 2 is 1.87 bits per heavy atom. The molecule has 1 heterocycles. The van der Waals surface area contributed by atoms with Gasteiger partial charge in [-0.1, -0.05) is 83.2 Å². The molecule has 0 N–H and O–H groups in total. The van der Waals surface area contributed by atoms with Gasteiger partial charge in [-0.3, -0.25) is 4.90 Å². The maximum atomic E-state index is 4.25. The van der Waals surface area contributed by atoms with E-state index in [0.717, 1.165) is 25.9 Å². The summed E-state index contributed by atoms with van der Waals surface area (Å²) in [4.78, 5) is 2.54. The van der Waals surface area contributed by atoms with Crippen molar-refractivity contribution in [2.45, 2.75) is 66.8 Å². The highest BCUT2D eigenvalue weighted by Crippen LogP contribution is 2.35. The van der Waals surface area contributed by atoms with Crippen molar-refractivity contribution in [3.63, 3.8) is 0 Å². The molecule has 1 nitrogen and oxygen atoms in total. The Kier molecular flexibility index (Phi) is 12.4. The van der Waals surface area contributed by atoms with Crippen LogP contribution in [-0.4, -0.2) is 18.0 Å². The first-order chi connectivity index (χ1) is 11.2. The van der Waals surface area contributed by atoms with E-state index in [-0.39, 0.29) is 0 Å². The summed E-state index contributed by atoms with van der Waals surface area (Å²) in [5, 5.41) is 0. The van der Waals surface area contributed by atoms with Gasteiger partial charge in [-0.05, 0) is 43.9 Å². The number of hydrogen-bond acceptors (Lipinski definition) is 1. The van der Waals surface area contributed by atoms with Crippen molar-refractivity contribution in [2.24, 2.45) is 0 Å². The van der Waals surface area contributed by atoms with Crippen LogP contribution in [0.2, 0.25) is 0 Å². The van der Waals surface area contributed by atoms with Crippen LogP contribution in [0.5, 0.6) is 0 Å². The second-order valence-corrected chi connectivity index (χ2v) is 5.47. The zero-order valence-electron chi connectivity index (χ0n) is 16.2. The fourth-order valence-corrected chi connectivity index (χ4v) is 2.87. The van der Waals surface area contributed by atoms with Crippen LogP contribution in [0.25, 0.3) is 0 Å². The normalized spacial score (nSPS) is 16.7. The third-order valence-corrected chi connectivity index (χ3v) is 4.10. The van der Waals surface area contributed by atoms with Crippen molar-refractivity contribution >= 4 is 0 Å². The molecule has 0 fully saturated rings. The van der Waals surface area contributed by atoms with Gasteiger partial charge in [-0.2, -0.15) is 0 Å². The van der Waals surface area contributed by atoms with E-state index >= 15 is 0 Å². The number of fused-ring (bicyclic) bond motifs is 1. The summed E-state index contributed by atoms with van der Waals surface area (Å²) in [6.45, 7) is 19.1. The number of rotatable bonds is 4. The first kappa shape index (κ1) is 21.7. The van der Waals surface area contributed by atoms with Crippen LogP contribution in [0.15, 0.2) is 48.6 Å². The van der Waals surface area contributed by atoms with Gasteiger partial charge in [0.05, 0.1) is 6.04 Å². The fraction of sp³-hybridized carbons (Fsp3) is 0.545. The van der Waals surface area contributed by atoms with Gasteiger partial charge in [-0.15, -0.1) is 0 Å². The molecule has 0 saturated carbocycles. The van der Waals surface area contributed by atoms with Gasteiger partial charge in [0.2, 0.25) is 0 Å². The molecule has 1 aliphatic rings. The van der Waals surface area contributed by atoms with E-state index in [2.05, 4.69) is 68.7 Å². The Hall–Kier alpha value is -1.34. The molecule has 23 heavy (non-hydrogen) atoms. The van der Waals surface area contributed by atoms with Gasteiger partial charge in [0.15, 0.2) is 0 Å². The first-order valence-corrected chi connectivity index (χ1v) is 9.30.